The van der Waals surface area contributed by atoms with Gasteiger partial charge in [-0.25, -0.2) is 8.42 Å². The predicted octanol–water partition coefficient (Wildman–Crippen LogP) is 0.784. The summed E-state index contributed by atoms with van der Waals surface area (Å²) in [4.78, 5) is 10.2. The molecule has 1 N–H and O–H groups in total. The Morgan fingerprint density at radius 3 is 1.62 bits per heavy atom. The van der Waals surface area contributed by atoms with Gasteiger partial charge < -0.3 is 5.11 Å². The van der Waals surface area contributed by atoms with Crippen LogP contribution in [0.1, 0.15) is 13.8 Å². The first kappa shape index (κ1) is 12.2. The molecule has 13 heavy (non-hydrogen) atoms. The summed E-state index contributed by atoms with van der Waals surface area (Å²) in [5, 5.41) is 8.26. The van der Waals surface area contributed by atoms with E-state index in [0.29, 0.717) is 13.8 Å². The number of halogens is 3. The maximum atomic E-state index is 11.8. The summed E-state index contributed by atoms with van der Waals surface area (Å²) in [5.74, 6) is -2.04. The minimum Gasteiger partial charge on any atom is -0.480 e. The summed E-state index contributed by atoms with van der Waals surface area (Å²) in [6.45, 7) is 0.969. The molecule has 0 unspecified atom stereocenters. The van der Waals surface area contributed by atoms with Gasteiger partial charge in [-0.2, -0.15) is 13.2 Å². The van der Waals surface area contributed by atoms with Crippen LogP contribution in [0.5, 0.6) is 0 Å². The average Bonchev–Trinajstić information content (AvgIpc) is 1.84. The largest absolute Gasteiger partial charge is 0.498 e. The molecule has 0 radical (unpaired) electrons. The molecule has 0 aliphatic carbocycles. The number of alkyl halides is 3. The fourth-order valence-corrected chi connectivity index (χ4v) is 1.21. The van der Waals surface area contributed by atoms with Crippen molar-refractivity contribution in [3.63, 3.8) is 0 Å². The lowest BCUT2D eigenvalue weighted by Crippen LogP contribution is -2.47. The average molecular weight is 220 g/mol. The van der Waals surface area contributed by atoms with E-state index < -0.39 is 26.1 Å². The lowest BCUT2D eigenvalue weighted by Gasteiger charge is -2.20. The van der Waals surface area contributed by atoms with Gasteiger partial charge >= 0.3 is 11.5 Å². The van der Waals surface area contributed by atoms with Crippen molar-refractivity contribution in [1.82, 2.24) is 0 Å². The number of aliphatic carboxylic acids is 1. The van der Waals surface area contributed by atoms with Crippen LogP contribution < -0.4 is 0 Å². The summed E-state index contributed by atoms with van der Waals surface area (Å²) >= 11 is 0. The molecular formula is C5H7F3O4S. The standard InChI is InChI=1S/C5H7F3O4S/c1-4(2,3(9)10)13(11,12)5(6,7)8/h1-2H3,(H,9,10). The predicted molar refractivity (Wildman–Crippen MR) is 36.7 cm³/mol. The smallest absolute Gasteiger partial charge is 0.480 e. The van der Waals surface area contributed by atoms with E-state index in [1.165, 1.54) is 0 Å². The third-order valence-electron chi connectivity index (χ3n) is 1.49. The molecule has 0 aromatic carbocycles. The summed E-state index contributed by atoms with van der Waals surface area (Å²) < 4.78 is 53.9. The first-order valence-corrected chi connectivity index (χ1v) is 4.47. The van der Waals surface area contributed by atoms with E-state index in [9.17, 15) is 26.4 Å². The van der Waals surface area contributed by atoms with Crippen molar-refractivity contribution in [3.8, 4) is 0 Å². The normalized spacial score (nSPS) is 14.2. The molecule has 0 saturated heterocycles. The molecule has 8 heteroatoms. The Bertz CT molecular complexity index is 313. The molecule has 0 rings (SSSR count). The topological polar surface area (TPSA) is 71.4 Å². The number of carboxylic acid groups (broad SMARTS) is 1. The van der Waals surface area contributed by atoms with Crippen LogP contribution in [-0.4, -0.2) is 29.7 Å². The van der Waals surface area contributed by atoms with Gasteiger partial charge in [0.25, 0.3) is 9.84 Å². The first-order valence-electron chi connectivity index (χ1n) is 2.99. The van der Waals surface area contributed by atoms with Gasteiger partial charge in [-0.05, 0) is 13.8 Å². The molecular weight excluding hydrogens is 213 g/mol. The highest BCUT2D eigenvalue weighted by Gasteiger charge is 2.58. The number of hydrogen-bond acceptors (Lipinski definition) is 3. The molecule has 4 nitrogen and oxygen atoms in total. The van der Waals surface area contributed by atoms with Gasteiger partial charge in [0.1, 0.15) is 0 Å². The quantitative estimate of drug-likeness (QED) is 0.746. The van der Waals surface area contributed by atoms with Crippen molar-refractivity contribution in [2.75, 3.05) is 0 Å². The summed E-state index contributed by atoms with van der Waals surface area (Å²) in [7, 11) is -5.67. The Hall–Kier alpha value is -0.790. The fourth-order valence-electron chi connectivity index (χ4n) is 0.404. The van der Waals surface area contributed by atoms with Gasteiger partial charge in [0, 0.05) is 0 Å². The van der Waals surface area contributed by atoms with E-state index in [4.69, 9.17) is 5.11 Å². The first-order chi connectivity index (χ1) is 5.44. The molecule has 0 heterocycles. The summed E-state index contributed by atoms with van der Waals surface area (Å²) in [5.41, 5.74) is -5.55. The third kappa shape index (κ3) is 1.77. The number of sulfone groups is 1. The van der Waals surface area contributed by atoms with Crippen molar-refractivity contribution >= 4 is 15.8 Å². The van der Waals surface area contributed by atoms with Crippen LogP contribution in [0.15, 0.2) is 0 Å². The van der Waals surface area contributed by atoms with E-state index in [1.807, 2.05) is 0 Å². The zero-order valence-electron chi connectivity index (χ0n) is 6.71. The molecule has 78 valence electrons. The van der Waals surface area contributed by atoms with Crippen LogP contribution in [0.3, 0.4) is 0 Å². The monoisotopic (exact) mass is 220 g/mol. The number of rotatable bonds is 2. The van der Waals surface area contributed by atoms with Crippen molar-refractivity contribution < 1.29 is 31.5 Å². The van der Waals surface area contributed by atoms with Gasteiger partial charge in [-0.15, -0.1) is 0 Å². The van der Waals surface area contributed by atoms with E-state index >= 15 is 0 Å². The molecule has 0 aliphatic heterocycles. The molecule has 0 saturated carbocycles. The molecule has 0 amide bonds. The van der Waals surface area contributed by atoms with Crippen LogP contribution in [0, 0.1) is 0 Å². The Labute approximate surface area is 72.3 Å². The van der Waals surface area contributed by atoms with Gasteiger partial charge in [0.05, 0.1) is 0 Å². The molecule has 0 atom stereocenters. The summed E-state index contributed by atoms with van der Waals surface area (Å²) in [6.07, 6.45) is 0. The Morgan fingerprint density at radius 1 is 1.23 bits per heavy atom. The molecule has 0 aromatic rings. The fraction of sp³-hybridized carbons (Fsp3) is 0.800. The van der Waals surface area contributed by atoms with Crippen LogP contribution in [0.4, 0.5) is 13.2 Å². The van der Waals surface area contributed by atoms with Crippen LogP contribution in [0.25, 0.3) is 0 Å². The second-order valence-electron chi connectivity index (χ2n) is 2.76. The minimum atomic E-state index is -5.67. The highest BCUT2D eigenvalue weighted by Crippen LogP contribution is 2.33. The van der Waals surface area contributed by atoms with E-state index in [1.54, 1.807) is 0 Å². The Balaban J connectivity index is 5.45. The van der Waals surface area contributed by atoms with Gasteiger partial charge in [-0.1, -0.05) is 0 Å². The molecule has 0 aromatic heterocycles. The minimum absolute atomic E-state index is 0.484. The van der Waals surface area contributed by atoms with E-state index in [0.717, 1.165) is 0 Å². The van der Waals surface area contributed by atoms with Crippen LogP contribution >= 0.6 is 0 Å². The molecule has 0 spiro atoms. The highest BCUT2D eigenvalue weighted by molar-refractivity contribution is 7.94. The van der Waals surface area contributed by atoms with E-state index in [-0.39, 0.29) is 0 Å². The van der Waals surface area contributed by atoms with Crippen LogP contribution in [0.2, 0.25) is 0 Å². The van der Waals surface area contributed by atoms with E-state index in [2.05, 4.69) is 0 Å². The maximum Gasteiger partial charge on any atom is 0.498 e. The second kappa shape index (κ2) is 2.86. The third-order valence-corrected chi connectivity index (χ3v) is 3.62. The second-order valence-corrected chi connectivity index (χ2v) is 5.26. The van der Waals surface area contributed by atoms with Crippen molar-refractivity contribution in [3.05, 3.63) is 0 Å². The molecule has 0 bridgehead atoms. The number of hydrogen-bond donors (Lipinski definition) is 1. The Morgan fingerprint density at radius 2 is 1.54 bits per heavy atom. The van der Waals surface area contributed by atoms with Crippen molar-refractivity contribution in [1.29, 1.82) is 0 Å². The van der Waals surface area contributed by atoms with Crippen LogP contribution in [-0.2, 0) is 14.6 Å². The zero-order valence-corrected chi connectivity index (χ0v) is 7.53. The van der Waals surface area contributed by atoms with Crippen molar-refractivity contribution in [2.45, 2.75) is 24.1 Å². The molecule has 0 aliphatic rings. The zero-order chi connectivity index (χ0) is 11.1. The van der Waals surface area contributed by atoms with Gasteiger partial charge in [0.15, 0.2) is 4.75 Å². The SMILES string of the molecule is CC(C)(C(=O)O)S(=O)(=O)C(F)(F)F. The number of carbonyl (C=O) groups is 1. The van der Waals surface area contributed by atoms with Crippen molar-refractivity contribution in [2.24, 2.45) is 0 Å². The maximum absolute atomic E-state index is 11.8. The highest BCUT2D eigenvalue weighted by atomic mass is 32.2. The molecule has 0 fully saturated rings. The Kier molecular flexibility index (Phi) is 2.69. The number of carboxylic acids is 1. The van der Waals surface area contributed by atoms with Gasteiger partial charge in [0.2, 0.25) is 0 Å². The lowest BCUT2D eigenvalue weighted by molar-refractivity contribution is -0.139. The lowest BCUT2D eigenvalue weighted by atomic mass is 10.2. The summed E-state index contributed by atoms with van der Waals surface area (Å²) in [6, 6.07) is 0. The van der Waals surface area contributed by atoms with Gasteiger partial charge in [-0.3, -0.25) is 4.79 Å².